The lowest BCUT2D eigenvalue weighted by molar-refractivity contribution is -0.141. The largest absolute Gasteiger partial charge is 0.480 e. The molecule has 2 unspecified atom stereocenters. The smallest absolute Gasteiger partial charge is 0.325 e. The molecule has 1 aliphatic rings. The second-order valence-electron chi connectivity index (χ2n) is 4.03. The Kier molecular flexibility index (Phi) is 3.10. The van der Waals surface area contributed by atoms with Crippen LogP contribution in [0.2, 0.25) is 0 Å². The molecule has 7 heteroatoms. The van der Waals surface area contributed by atoms with Crippen molar-refractivity contribution in [3.8, 4) is 0 Å². The number of fused-ring (bicyclic) bond motifs is 1. The summed E-state index contributed by atoms with van der Waals surface area (Å²) in [5.41, 5.74) is 1.83. The number of nitrogens with zero attached hydrogens (tertiary/aromatic N) is 1. The monoisotopic (exact) mass is 238 g/mol. The van der Waals surface area contributed by atoms with E-state index in [0.717, 1.165) is 11.4 Å². The van der Waals surface area contributed by atoms with Gasteiger partial charge in [0.05, 0.1) is 23.8 Å². The second kappa shape index (κ2) is 4.54. The lowest BCUT2D eigenvalue weighted by atomic mass is 10.0. The first-order valence-electron chi connectivity index (χ1n) is 5.35. The van der Waals surface area contributed by atoms with Gasteiger partial charge in [0.2, 0.25) is 5.91 Å². The predicted molar refractivity (Wildman–Crippen MR) is 58.2 cm³/mol. The molecule has 0 fully saturated rings. The highest BCUT2D eigenvalue weighted by molar-refractivity contribution is 5.87. The summed E-state index contributed by atoms with van der Waals surface area (Å²) in [5, 5.41) is 14.2. The summed E-state index contributed by atoms with van der Waals surface area (Å²) in [5.74, 6) is -1.36. The van der Waals surface area contributed by atoms with Crippen LogP contribution in [0.5, 0.6) is 0 Å². The average Bonchev–Trinajstić information content (AvgIpc) is 2.75. The molecule has 0 saturated carbocycles. The number of carboxylic acid groups (broad SMARTS) is 1. The first-order valence-corrected chi connectivity index (χ1v) is 5.35. The molecule has 1 aliphatic heterocycles. The Morgan fingerprint density at radius 3 is 3.12 bits per heavy atom. The Morgan fingerprint density at radius 1 is 1.65 bits per heavy atom. The SMILES string of the molecule is CC(NC(=O)C1Cc2nc[nH]c2CN1)C(=O)O. The molecule has 0 aliphatic carbocycles. The number of aromatic nitrogens is 2. The Morgan fingerprint density at radius 2 is 2.41 bits per heavy atom. The van der Waals surface area contributed by atoms with Gasteiger partial charge in [-0.25, -0.2) is 4.98 Å². The van der Waals surface area contributed by atoms with E-state index in [4.69, 9.17) is 5.11 Å². The normalized spacial score (nSPS) is 20.4. The van der Waals surface area contributed by atoms with Crippen molar-refractivity contribution in [2.75, 3.05) is 0 Å². The van der Waals surface area contributed by atoms with E-state index in [-0.39, 0.29) is 5.91 Å². The van der Waals surface area contributed by atoms with Gasteiger partial charge in [0.25, 0.3) is 0 Å². The van der Waals surface area contributed by atoms with Crippen LogP contribution in [0.15, 0.2) is 6.33 Å². The van der Waals surface area contributed by atoms with Gasteiger partial charge in [-0.3, -0.25) is 14.9 Å². The molecule has 1 amide bonds. The van der Waals surface area contributed by atoms with Gasteiger partial charge >= 0.3 is 5.97 Å². The van der Waals surface area contributed by atoms with Crippen LogP contribution in [0.4, 0.5) is 0 Å². The van der Waals surface area contributed by atoms with Gasteiger partial charge in [-0.2, -0.15) is 0 Å². The third kappa shape index (κ3) is 2.44. The number of carbonyl (C=O) groups is 2. The molecule has 92 valence electrons. The minimum absolute atomic E-state index is 0.312. The van der Waals surface area contributed by atoms with Crippen LogP contribution < -0.4 is 10.6 Å². The van der Waals surface area contributed by atoms with Gasteiger partial charge in [-0.1, -0.05) is 0 Å². The summed E-state index contributed by atoms with van der Waals surface area (Å²) in [6.45, 7) is 1.97. The minimum Gasteiger partial charge on any atom is -0.480 e. The number of nitrogens with one attached hydrogen (secondary N) is 3. The van der Waals surface area contributed by atoms with Crippen molar-refractivity contribution in [2.24, 2.45) is 0 Å². The fourth-order valence-corrected chi connectivity index (χ4v) is 1.73. The molecular weight excluding hydrogens is 224 g/mol. The maximum atomic E-state index is 11.8. The number of carboxylic acids is 1. The van der Waals surface area contributed by atoms with Gasteiger partial charge in [0.1, 0.15) is 6.04 Å². The van der Waals surface area contributed by atoms with Gasteiger partial charge in [-0.05, 0) is 6.92 Å². The zero-order chi connectivity index (χ0) is 12.4. The highest BCUT2D eigenvalue weighted by Crippen LogP contribution is 2.12. The Hall–Kier alpha value is -1.89. The molecule has 0 radical (unpaired) electrons. The quantitative estimate of drug-likeness (QED) is 0.541. The number of aliphatic carboxylic acids is 1. The van der Waals surface area contributed by atoms with Crippen LogP contribution in [0.25, 0.3) is 0 Å². The van der Waals surface area contributed by atoms with E-state index in [0.29, 0.717) is 13.0 Å². The van der Waals surface area contributed by atoms with Crippen molar-refractivity contribution in [1.29, 1.82) is 0 Å². The van der Waals surface area contributed by atoms with E-state index in [2.05, 4.69) is 20.6 Å². The van der Waals surface area contributed by atoms with Crippen molar-refractivity contribution in [2.45, 2.75) is 32.0 Å². The molecule has 0 bridgehead atoms. The zero-order valence-corrected chi connectivity index (χ0v) is 9.36. The molecule has 0 spiro atoms. The molecule has 1 aromatic heterocycles. The van der Waals surface area contributed by atoms with Crippen molar-refractivity contribution < 1.29 is 14.7 Å². The molecule has 0 aromatic carbocycles. The van der Waals surface area contributed by atoms with E-state index >= 15 is 0 Å². The molecular formula is C10H14N4O3. The Bertz CT molecular complexity index is 443. The summed E-state index contributed by atoms with van der Waals surface area (Å²) in [4.78, 5) is 29.5. The maximum absolute atomic E-state index is 11.8. The molecule has 1 aromatic rings. The van der Waals surface area contributed by atoms with E-state index in [9.17, 15) is 9.59 Å². The van der Waals surface area contributed by atoms with Crippen molar-refractivity contribution in [1.82, 2.24) is 20.6 Å². The Balaban J connectivity index is 1.96. The summed E-state index contributed by atoms with van der Waals surface area (Å²) in [7, 11) is 0. The molecule has 2 atom stereocenters. The number of H-pyrrole nitrogens is 1. The van der Waals surface area contributed by atoms with Crippen molar-refractivity contribution in [3.05, 3.63) is 17.7 Å². The lowest BCUT2D eigenvalue weighted by Gasteiger charge is -2.23. The van der Waals surface area contributed by atoms with Crippen molar-refractivity contribution in [3.63, 3.8) is 0 Å². The fourth-order valence-electron chi connectivity index (χ4n) is 1.73. The van der Waals surface area contributed by atoms with E-state index in [1.54, 1.807) is 6.33 Å². The number of rotatable bonds is 3. The van der Waals surface area contributed by atoms with Crippen LogP contribution in [0.3, 0.4) is 0 Å². The van der Waals surface area contributed by atoms with Crippen LogP contribution in [0, 0.1) is 0 Å². The van der Waals surface area contributed by atoms with Crippen molar-refractivity contribution >= 4 is 11.9 Å². The maximum Gasteiger partial charge on any atom is 0.325 e. The van der Waals surface area contributed by atoms with Gasteiger partial charge in [0.15, 0.2) is 0 Å². The first-order chi connectivity index (χ1) is 8.08. The number of hydrogen-bond acceptors (Lipinski definition) is 4. The molecule has 17 heavy (non-hydrogen) atoms. The molecule has 7 nitrogen and oxygen atoms in total. The van der Waals surface area contributed by atoms with Gasteiger partial charge < -0.3 is 15.4 Å². The van der Waals surface area contributed by atoms with Crippen LogP contribution in [0.1, 0.15) is 18.3 Å². The average molecular weight is 238 g/mol. The summed E-state index contributed by atoms with van der Waals surface area (Å²) >= 11 is 0. The molecule has 4 N–H and O–H groups in total. The lowest BCUT2D eigenvalue weighted by Crippen LogP contribution is -2.51. The van der Waals surface area contributed by atoms with Gasteiger partial charge in [0, 0.05) is 13.0 Å². The topological polar surface area (TPSA) is 107 Å². The first kappa shape index (κ1) is 11.6. The fraction of sp³-hybridized carbons (Fsp3) is 0.500. The minimum atomic E-state index is -1.05. The highest BCUT2D eigenvalue weighted by atomic mass is 16.4. The standard InChI is InChI=1S/C10H14N4O3/c1-5(10(16)17)14-9(15)7-2-6-8(3-11-7)13-4-12-6/h4-5,7,11H,2-3H2,1H3,(H,12,13)(H,14,15)(H,16,17). The second-order valence-corrected chi connectivity index (χ2v) is 4.03. The van der Waals surface area contributed by atoms with Crippen LogP contribution in [-0.2, 0) is 22.6 Å². The van der Waals surface area contributed by atoms with E-state index in [1.807, 2.05) is 0 Å². The number of amides is 1. The van der Waals surface area contributed by atoms with E-state index < -0.39 is 18.1 Å². The molecule has 2 heterocycles. The van der Waals surface area contributed by atoms with Crippen LogP contribution in [-0.4, -0.2) is 39.0 Å². The number of hydrogen-bond donors (Lipinski definition) is 4. The third-order valence-corrected chi connectivity index (χ3v) is 2.78. The predicted octanol–water partition coefficient (Wildman–Crippen LogP) is -0.987. The van der Waals surface area contributed by atoms with Gasteiger partial charge in [-0.15, -0.1) is 0 Å². The summed E-state index contributed by atoms with van der Waals surface area (Å²) < 4.78 is 0. The number of imidazole rings is 1. The van der Waals surface area contributed by atoms with Crippen LogP contribution >= 0.6 is 0 Å². The number of carbonyl (C=O) groups excluding carboxylic acids is 1. The summed E-state index contributed by atoms with van der Waals surface area (Å²) in [6, 6.07) is -1.31. The van der Waals surface area contributed by atoms with E-state index in [1.165, 1.54) is 6.92 Å². The zero-order valence-electron chi connectivity index (χ0n) is 9.36. The molecule has 2 rings (SSSR count). The highest BCUT2D eigenvalue weighted by Gasteiger charge is 2.27. The number of aromatic amines is 1. The molecule has 0 saturated heterocycles. The third-order valence-electron chi connectivity index (χ3n) is 2.78. The Labute approximate surface area is 97.6 Å². The summed E-state index contributed by atoms with van der Waals surface area (Å²) in [6.07, 6.45) is 2.06.